The van der Waals surface area contributed by atoms with Crippen molar-refractivity contribution in [3.8, 4) is 23.7 Å². The molecule has 2 amide bonds. The monoisotopic (exact) mass is 327 g/mol. The number of rotatable bonds is 5. The normalized spacial score (nSPS) is 11.8. The summed E-state index contributed by atoms with van der Waals surface area (Å²) in [6.07, 6.45) is 1.81. The van der Waals surface area contributed by atoms with Crippen LogP contribution in [0.25, 0.3) is 0 Å². The maximum absolute atomic E-state index is 12.1. The third kappa shape index (κ3) is 6.13. The van der Waals surface area contributed by atoms with Gasteiger partial charge in [-0.1, -0.05) is 18.8 Å². The molecule has 0 saturated heterocycles. The minimum absolute atomic E-state index is 0.356. The molecular formula is C18H21N3O3. The number of nitrogens with one attached hydrogen (secondary N) is 2. The van der Waals surface area contributed by atoms with Gasteiger partial charge in [-0.05, 0) is 49.5 Å². The van der Waals surface area contributed by atoms with Crippen molar-refractivity contribution in [3.63, 3.8) is 0 Å². The summed E-state index contributed by atoms with van der Waals surface area (Å²) in [5.74, 6) is 10.1. The molecule has 1 aromatic rings. The molecule has 2 unspecified atom stereocenters. The Balaban J connectivity index is 2.76. The Morgan fingerprint density at radius 2 is 1.92 bits per heavy atom. The summed E-state index contributed by atoms with van der Waals surface area (Å²) < 4.78 is 0. The zero-order chi connectivity index (χ0) is 17.9. The number of hydrogen-bond donors (Lipinski definition) is 4. The molecule has 6 nitrogen and oxygen atoms in total. The van der Waals surface area contributed by atoms with Crippen molar-refractivity contribution in [3.05, 3.63) is 35.4 Å². The van der Waals surface area contributed by atoms with Crippen LogP contribution in [0.3, 0.4) is 0 Å². The van der Waals surface area contributed by atoms with Crippen LogP contribution < -0.4 is 16.5 Å². The van der Waals surface area contributed by atoms with Gasteiger partial charge in [0.25, 0.3) is 11.8 Å². The van der Waals surface area contributed by atoms with E-state index in [1.165, 1.54) is 5.48 Å². The number of amides is 2. The van der Waals surface area contributed by atoms with E-state index < -0.39 is 23.9 Å². The van der Waals surface area contributed by atoms with E-state index in [4.69, 9.17) is 10.9 Å². The standard InChI is InChI=1S/C18H21N3O3/c1-3-4-5-6-7-8-14-9-11-15(12-10-14)17(22)20-16(13(2)19)18(23)21-24/h9-13,16,24H,3-4,19H2,1-2H3,(H,20,22)(H,21,23). The van der Waals surface area contributed by atoms with Crippen LogP contribution in [0.1, 0.15) is 42.6 Å². The number of carbonyl (C=O) groups excluding carboxylic acids is 2. The predicted octanol–water partition coefficient (Wildman–Crippen LogP) is 0.793. The summed E-state index contributed by atoms with van der Waals surface area (Å²) in [5.41, 5.74) is 8.21. The van der Waals surface area contributed by atoms with Crippen LogP contribution >= 0.6 is 0 Å². The summed E-state index contributed by atoms with van der Waals surface area (Å²) in [6, 6.07) is 4.87. The van der Waals surface area contributed by atoms with E-state index >= 15 is 0 Å². The van der Waals surface area contributed by atoms with Crippen LogP contribution in [0.2, 0.25) is 0 Å². The number of hydroxylamine groups is 1. The Kier molecular flexibility index (Phi) is 8.07. The molecule has 0 bridgehead atoms. The second kappa shape index (κ2) is 10.1. The average molecular weight is 327 g/mol. The van der Waals surface area contributed by atoms with Crippen LogP contribution in [-0.2, 0) is 4.79 Å². The highest BCUT2D eigenvalue weighted by Crippen LogP contribution is 2.04. The molecule has 0 aliphatic carbocycles. The van der Waals surface area contributed by atoms with Crippen LogP contribution in [0.4, 0.5) is 0 Å². The van der Waals surface area contributed by atoms with Gasteiger partial charge in [-0.2, -0.15) is 0 Å². The highest BCUT2D eigenvalue weighted by Gasteiger charge is 2.24. The van der Waals surface area contributed by atoms with Crippen molar-refractivity contribution < 1.29 is 14.8 Å². The smallest absolute Gasteiger partial charge is 0.267 e. The van der Waals surface area contributed by atoms with Crippen molar-refractivity contribution in [2.45, 2.75) is 38.8 Å². The lowest BCUT2D eigenvalue weighted by molar-refractivity contribution is -0.131. The Hall–Kier alpha value is -2.80. The number of nitrogens with two attached hydrogens (primary N) is 1. The summed E-state index contributed by atoms with van der Waals surface area (Å²) >= 11 is 0. The van der Waals surface area contributed by atoms with Crippen molar-refractivity contribution in [1.29, 1.82) is 0 Å². The minimum atomic E-state index is -1.03. The zero-order valence-corrected chi connectivity index (χ0v) is 13.7. The largest absolute Gasteiger partial charge is 0.339 e. The van der Waals surface area contributed by atoms with Crippen molar-refractivity contribution in [2.24, 2.45) is 5.73 Å². The first-order valence-electron chi connectivity index (χ1n) is 7.59. The van der Waals surface area contributed by atoms with E-state index in [0.717, 1.165) is 18.4 Å². The van der Waals surface area contributed by atoms with Crippen LogP contribution in [0, 0.1) is 23.7 Å². The highest BCUT2D eigenvalue weighted by atomic mass is 16.5. The second-order valence-corrected chi connectivity index (χ2v) is 5.17. The fourth-order valence-corrected chi connectivity index (χ4v) is 1.77. The molecule has 24 heavy (non-hydrogen) atoms. The van der Waals surface area contributed by atoms with E-state index in [9.17, 15) is 9.59 Å². The van der Waals surface area contributed by atoms with Gasteiger partial charge < -0.3 is 11.1 Å². The predicted molar refractivity (Wildman–Crippen MR) is 90.8 cm³/mol. The maximum Gasteiger partial charge on any atom is 0.267 e. The lowest BCUT2D eigenvalue weighted by Gasteiger charge is -2.19. The molecule has 0 radical (unpaired) electrons. The van der Waals surface area contributed by atoms with E-state index in [2.05, 4.69) is 29.0 Å². The van der Waals surface area contributed by atoms with Gasteiger partial charge in [-0.25, -0.2) is 5.48 Å². The van der Waals surface area contributed by atoms with Crippen LogP contribution in [0.15, 0.2) is 24.3 Å². The average Bonchev–Trinajstić information content (AvgIpc) is 2.58. The summed E-state index contributed by atoms with van der Waals surface area (Å²) in [4.78, 5) is 23.6. The highest BCUT2D eigenvalue weighted by molar-refractivity contribution is 5.97. The molecule has 1 rings (SSSR count). The van der Waals surface area contributed by atoms with Gasteiger partial charge in [-0.15, -0.1) is 0 Å². The van der Waals surface area contributed by atoms with Gasteiger partial charge in [-0.3, -0.25) is 14.8 Å². The molecule has 0 saturated carbocycles. The van der Waals surface area contributed by atoms with Crippen molar-refractivity contribution in [2.75, 3.05) is 0 Å². The Labute approximate surface area is 141 Å². The lowest BCUT2D eigenvalue weighted by atomic mass is 10.1. The SMILES string of the molecule is CCCC#CC#Cc1ccc(C(=O)NC(C(=O)NO)C(C)N)cc1. The molecule has 126 valence electrons. The summed E-state index contributed by atoms with van der Waals surface area (Å²) in [7, 11) is 0. The Bertz CT molecular complexity index is 688. The molecule has 0 spiro atoms. The van der Waals surface area contributed by atoms with Gasteiger partial charge in [0.1, 0.15) is 6.04 Å². The van der Waals surface area contributed by atoms with E-state index in [1.54, 1.807) is 31.2 Å². The third-order valence-corrected chi connectivity index (χ3v) is 3.08. The van der Waals surface area contributed by atoms with Gasteiger partial charge in [0.05, 0.1) is 0 Å². The number of carbonyl (C=O) groups is 2. The van der Waals surface area contributed by atoms with Gasteiger partial charge in [0, 0.05) is 23.6 Å². The van der Waals surface area contributed by atoms with E-state index in [-0.39, 0.29) is 0 Å². The molecular weight excluding hydrogens is 306 g/mol. The quantitative estimate of drug-likeness (QED) is 0.365. The first-order valence-corrected chi connectivity index (χ1v) is 7.59. The third-order valence-electron chi connectivity index (χ3n) is 3.08. The molecule has 6 heteroatoms. The first kappa shape index (κ1) is 19.2. The molecule has 0 fully saturated rings. The molecule has 5 N–H and O–H groups in total. The zero-order valence-electron chi connectivity index (χ0n) is 13.7. The molecule has 0 aliphatic heterocycles. The van der Waals surface area contributed by atoms with E-state index in [1.807, 2.05) is 6.92 Å². The number of unbranched alkanes of at least 4 members (excludes halogenated alkanes) is 1. The summed E-state index contributed by atoms with van der Waals surface area (Å²) in [6.45, 7) is 3.60. The van der Waals surface area contributed by atoms with Crippen LogP contribution in [-0.4, -0.2) is 29.1 Å². The van der Waals surface area contributed by atoms with E-state index in [0.29, 0.717) is 5.56 Å². The lowest BCUT2D eigenvalue weighted by Crippen LogP contribution is -2.54. The molecule has 0 aliphatic rings. The fraction of sp³-hybridized carbons (Fsp3) is 0.333. The number of benzene rings is 1. The first-order chi connectivity index (χ1) is 11.5. The van der Waals surface area contributed by atoms with Crippen LogP contribution in [0.5, 0.6) is 0 Å². The molecule has 0 aromatic heterocycles. The number of hydrogen-bond acceptors (Lipinski definition) is 4. The van der Waals surface area contributed by atoms with Gasteiger partial charge >= 0.3 is 0 Å². The molecule has 0 heterocycles. The van der Waals surface area contributed by atoms with Gasteiger partial charge in [0.2, 0.25) is 0 Å². The maximum atomic E-state index is 12.1. The van der Waals surface area contributed by atoms with Crippen molar-refractivity contribution in [1.82, 2.24) is 10.8 Å². The second-order valence-electron chi connectivity index (χ2n) is 5.17. The molecule has 1 aromatic carbocycles. The van der Waals surface area contributed by atoms with Crippen molar-refractivity contribution >= 4 is 11.8 Å². The minimum Gasteiger partial charge on any atom is -0.339 e. The topological polar surface area (TPSA) is 104 Å². The van der Waals surface area contributed by atoms with Gasteiger partial charge in [0.15, 0.2) is 0 Å². The Morgan fingerprint density at radius 3 is 2.46 bits per heavy atom. The fourth-order valence-electron chi connectivity index (χ4n) is 1.77. The molecule has 2 atom stereocenters. The Morgan fingerprint density at radius 1 is 1.25 bits per heavy atom. The summed E-state index contributed by atoms with van der Waals surface area (Å²) in [5, 5.41) is 11.2.